The average molecular weight is 429 g/mol. The number of rotatable bonds is 7. The fourth-order valence-electron chi connectivity index (χ4n) is 2.70. The largest absolute Gasteiger partial charge is 0.326 e. The molecule has 0 saturated carbocycles. The van der Waals surface area contributed by atoms with Crippen molar-refractivity contribution < 1.29 is 13.2 Å². The molecule has 3 rings (SSSR count). The molecule has 0 radical (unpaired) electrons. The Bertz CT molecular complexity index is 1100. The van der Waals surface area contributed by atoms with Gasteiger partial charge >= 0.3 is 0 Å². The third-order valence-electron chi connectivity index (χ3n) is 4.33. The summed E-state index contributed by atoms with van der Waals surface area (Å²) < 4.78 is 27.5. The second kappa shape index (κ2) is 9.11. The summed E-state index contributed by atoms with van der Waals surface area (Å²) in [4.78, 5) is 12.2. The molecular formula is C22H21ClN2O3S. The van der Waals surface area contributed by atoms with Gasteiger partial charge in [0.15, 0.2) is 0 Å². The van der Waals surface area contributed by atoms with E-state index in [4.69, 9.17) is 11.6 Å². The highest BCUT2D eigenvalue weighted by Gasteiger charge is 2.15. The van der Waals surface area contributed by atoms with Gasteiger partial charge in [0.2, 0.25) is 5.91 Å². The number of anilines is 2. The number of hydrogen-bond acceptors (Lipinski definition) is 3. The standard InChI is InChI=1S/C22H21ClN2O3S/c1-16-6-8-17(9-7-16)10-15-22(26)24-18-11-13-19(14-12-18)29(27,28)25-21-5-3-2-4-20(21)23/h2-9,11-14,25H,10,15H2,1H3,(H,24,26). The Morgan fingerprint density at radius 3 is 2.24 bits per heavy atom. The Balaban J connectivity index is 1.59. The molecule has 0 aliphatic carbocycles. The third kappa shape index (κ3) is 5.82. The Kier molecular flexibility index (Phi) is 6.56. The number of nitrogens with one attached hydrogen (secondary N) is 2. The average Bonchev–Trinajstić information content (AvgIpc) is 2.70. The Morgan fingerprint density at radius 2 is 1.59 bits per heavy atom. The second-order valence-corrected chi connectivity index (χ2v) is 8.73. The van der Waals surface area contributed by atoms with Crippen molar-refractivity contribution in [2.45, 2.75) is 24.7 Å². The molecule has 3 aromatic rings. The minimum Gasteiger partial charge on any atom is -0.326 e. The highest BCUT2D eigenvalue weighted by Crippen LogP contribution is 2.24. The molecule has 2 N–H and O–H groups in total. The van der Waals surface area contributed by atoms with E-state index < -0.39 is 10.0 Å². The summed E-state index contributed by atoms with van der Waals surface area (Å²) in [6.07, 6.45) is 0.984. The van der Waals surface area contributed by atoms with Gasteiger partial charge in [-0.1, -0.05) is 53.6 Å². The van der Waals surface area contributed by atoms with Crippen LogP contribution in [0.25, 0.3) is 0 Å². The highest BCUT2D eigenvalue weighted by molar-refractivity contribution is 7.92. The van der Waals surface area contributed by atoms with Crippen molar-refractivity contribution >= 4 is 38.9 Å². The van der Waals surface area contributed by atoms with E-state index >= 15 is 0 Å². The number of carbonyl (C=O) groups excluding carboxylic acids is 1. The lowest BCUT2D eigenvalue weighted by Crippen LogP contribution is -2.14. The van der Waals surface area contributed by atoms with E-state index in [2.05, 4.69) is 10.0 Å². The zero-order chi connectivity index (χ0) is 20.9. The first-order chi connectivity index (χ1) is 13.8. The predicted molar refractivity (Wildman–Crippen MR) is 117 cm³/mol. The number of para-hydroxylation sites is 1. The Labute approximate surface area is 175 Å². The quantitative estimate of drug-likeness (QED) is 0.554. The number of aryl methyl sites for hydroxylation is 2. The summed E-state index contributed by atoms with van der Waals surface area (Å²) in [6, 6.07) is 20.7. The molecule has 0 aromatic heterocycles. The number of halogens is 1. The van der Waals surface area contributed by atoms with Crippen LogP contribution in [0.5, 0.6) is 0 Å². The van der Waals surface area contributed by atoms with Crippen LogP contribution in [0.1, 0.15) is 17.5 Å². The van der Waals surface area contributed by atoms with E-state index in [1.807, 2.05) is 31.2 Å². The van der Waals surface area contributed by atoms with Crippen molar-refractivity contribution in [3.8, 4) is 0 Å². The van der Waals surface area contributed by atoms with E-state index in [-0.39, 0.29) is 10.8 Å². The van der Waals surface area contributed by atoms with E-state index in [1.54, 1.807) is 36.4 Å². The molecule has 150 valence electrons. The molecule has 0 atom stereocenters. The van der Waals surface area contributed by atoms with Crippen LogP contribution in [0.3, 0.4) is 0 Å². The first kappa shape index (κ1) is 20.9. The van der Waals surface area contributed by atoms with Crippen LogP contribution in [0.15, 0.2) is 77.7 Å². The summed E-state index contributed by atoms with van der Waals surface area (Å²) in [7, 11) is -3.78. The van der Waals surface area contributed by atoms with E-state index in [1.165, 1.54) is 17.7 Å². The van der Waals surface area contributed by atoms with Crippen molar-refractivity contribution in [2.75, 3.05) is 10.0 Å². The van der Waals surface area contributed by atoms with Gasteiger partial charge in [0.1, 0.15) is 0 Å². The van der Waals surface area contributed by atoms with Crippen LogP contribution in [0.2, 0.25) is 5.02 Å². The van der Waals surface area contributed by atoms with Gasteiger partial charge in [0, 0.05) is 12.1 Å². The summed E-state index contributed by atoms with van der Waals surface area (Å²) in [6.45, 7) is 2.02. The molecule has 0 aliphatic rings. The van der Waals surface area contributed by atoms with Gasteiger partial charge in [0.05, 0.1) is 15.6 Å². The SMILES string of the molecule is Cc1ccc(CCC(=O)Nc2ccc(S(=O)(=O)Nc3ccccc3Cl)cc2)cc1. The lowest BCUT2D eigenvalue weighted by Gasteiger charge is -2.10. The molecule has 0 bridgehead atoms. The molecule has 7 heteroatoms. The van der Waals surface area contributed by atoms with E-state index in [0.717, 1.165) is 5.56 Å². The molecule has 1 amide bonds. The van der Waals surface area contributed by atoms with Crippen LogP contribution < -0.4 is 10.0 Å². The number of carbonyl (C=O) groups is 1. The van der Waals surface area contributed by atoms with E-state index in [0.29, 0.717) is 29.2 Å². The fourth-order valence-corrected chi connectivity index (χ4v) is 4.02. The second-order valence-electron chi connectivity index (χ2n) is 6.64. The Morgan fingerprint density at radius 1 is 0.931 bits per heavy atom. The number of amides is 1. The van der Waals surface area contributed by atoms with Gasteiger partial charge in [-0.2, -0.15) is 0 Å². The van der Waals surface area contributed by atoms with Gasteiger partial charge < -0.3 is 5.32 Å². The maximum atomic E-state index is 12.5. The highest BCUT2D eigenvalue weighted by atomic mass is 35.5. The predicted octanol–water partition coefficient (Wildman–Crippen LogP) is 5.02. The van der Waals surface area contributed by atoms with Crippen molar-refractivity contribution in [1.82, 2.24) is 0 Å². The Hall–Kier alpha value is -2.83. The van der Waals surface area contributed by atoms with Crippen LogP contribution in [0.4, 0.5) is 11.4 Å². The molecule has 3 aromatic carbocycles. The van der Waals surface area contributed by atoms with Gasteiger partial charge in [-0.05, 0) is 55.3 Å². The summed E-state index contributed by atoms with van der Waals surface area (Å²) in [5.41, 5.74) is 3.12. The van der Waals surface area contributed by atoms with Crippen LogP contribution in [-0.2, 0) is 21.2 Å². The third-order valence-corrected chi connectivity index (χ3v) is 6.04. The zero-order valence-corrected chi connectivity index (χ0v) is 17.4. The molecule has 0 fully saturated rings. The monoisotopic (exact) mass is 428 g/mol. The molecule has 0 unspecified atom stereocenters. The van der Waals surface area contributed by atoms with E-state index in [9.17, 15) is 13.2 Å². The summed E-state index contributed by atoms with van der Waals surface area (Å²) in [5, 5.41) is 3.10. The fraction of sp³-hybridized carbons (Fsp3) is 0.136. The first-order valence-electron chi connectivity index (χ1n) is 9.06. The first-order valence-corrected chi connectivity index (χ1v) is 10.9. The molecule has 0 spiro atoms. The topological polar surface area (TPSA) is 75.3 Å². The minimum absolute atomic E-state index is 0.0788. The maximum absolute atomic E-state index is 12.5. The minimum atomic E-state index is -3.78. The smallest absolute Gasteiger partial charge is 0.261 e. The number of benzene rings is 3. The van der Waals surface area contributed by atoms with Gasteiger partial charge in [-0.25, -0.2) is 8.42 Å². The van der Waals surface area contributed by atoms with Crippen molar-refractivity contribution in [2.24, 2.45) is 0 Å². The molecule has 29 heavy (non-hydrogen) atoms. The van der Waals surface area contributed by atoms with Crippen LogP contribution >= 0.6 is 11.6 Å². The molecule has 0 aliphatic heterocycles. The lowest BCUT2D eigenvalue weighted by molar-refractivity contribution is -0.116. The normalized spacial score (nSPS) is 11.1. The molecular weight excluding hydrogens is 408 g/mol. The lowest BCUT2D eigenvalue weighted by atomic mass is 10.1. The van der Waals surface area contributed by atoms with Crippen molar-refractivity contribution in [3.63, 3.8) is 0 Å². The van der Waals surface area contributed by atoms with Crippen molar-refractivity contribution in [3.05, 3.63) is 88.9 Å². The molecule has 0 saturated heterocycles. The number of sulfonamides is 1. The summed E-state index contributed by atoms with van der Waals surface area (Å²) >= 11 is 6.01. The van der Waals surface area contributed by atoms with Gasteiger partial charge in [0.25, 0.3) is 10.0 Å². The van der Waals surface area contributed by atoms with Crippen LogP contribution in [-0.4, -0.2) is 14.3 Å². The van der Waals surface area contributed by atoms with Crippen LogP contribution in [0, 0.1) is 6.92 Å². The van der Waals surface area contributed by atoms with Gasteiger partial charge in [-0.3, -0.25) is 9.52 Å². The van der Waals surface area contributed by atoms with Gasteiger partial charge in [-0.15, -0.1) is 0 Å². The molecule has 0 heterocycles. The van der Waals surface area contributed by atoms with Crippen molar-refractivity contribution in [1.29, 1.82) is 0 Å². The summed E-state index contributed by atoms with van der Waals surface area (Å²) in [5.74, 6) is -0.129. The molecule has 5 nitrogen and oxygen atoms in total. The maximum Gasteiger partial charge on any atom is 0.261 e. The zero-order valence-electron chi connectivity index (χ0n) is 15.9. The number of hydrogen-bond donors (Lipinski definition) is 2.